The molecule has 0 fully saturated rings. The van der Waals surface area contributed by atoms with Crippen LogP contribution in [0.3, 0.4) is 0 Å². The Labute approximate surface area is 58.0 Å². The van der Waals surface area contributed by atoms with E-state index in [2.05, 4.69) is 4.74 Å². The summed E-state index contributed by atoms with van der Waals surface area (Å²) in [6, 6.07) is 0. The first-order valence-corrected chi connectivity index (χ1v) is 1.22. The Bertz CT molecular complexity index is 8.85. The number of hydrogen-bond acceptors (Lipinski definition) is 1. The maximum absolute atomic E-state index is 4.42. The van der Waals surface area contributed by atoms with Crippen LogP contribution in [0.15, 0.2) is 0 Å². The summed E-state index contributed by atoms with van der Waals surface area (Å²) in [5, 5.41) is 0. The van der Waals surface area contributed by atoms with Gasteiger partial charge in [0.05, 0.1) is 0 Å². The summed E-state index contributed by atoms with van der Waals surface area (Å²) in [7, 11) is 1.62. The zero-order valence-electron chi connectivity index (χ0n) is 3.56. The average Bonchev–Trinajstić information content (AvgIpc) is 1.37. The zero-order chi connectivity index (χ0) is 3.41. The van der Waals surface area contributed by atoms with Crippen molar-refractivity contribution in [2.45, 2.75) is 6.92 Å². The normalized spacial score (nSPS) is 6.00. The number of hydrogen-bond donors (Lipinski definition) is 0. The van der Waals surface area contributed by atoms with Crippen LogP contribution in [-0.2, 0) is 37.4 Å². The van der Waals surface area contributed by atoms with Crippen molar-refractivity contribution in [2.24, 2.45) is 0 Å². The molecule has 0 spiro atoms. The smallest absolute Gasteiger partial charge is 0 e. The summed E-state index contributed by atoms with van der Waals surface area (Å²) in [5.74, 6) is 0. The van der Waals surface area contributed by atoms with Gasteiger partial charge in [0.15, 0.2) is 0 Å². The first-order chi connectivity index (χ1) is 1.91. The Morgan fingerprint density at radius 2 is 1.80 bits per heavy atom. The Kier molecular flexibility index (Phi) is 16.8. The second-order valence-corrected chi connectivity index (χ2v) is 0.471. The predicted molar refractivity (Wildman–Crippen MR) is 17.0 cm³/mol. The molecular weight excluding hydrogens is 141 g/mol. The Morgan fingerprint density at radius 1 is 1.60 bits per heavy atom. The van der Waals surface area contributed by atoms with Crippen molar-refractivity contribution in [3.63, 3.8) is 0 Å². The maximum atomic E-state index is 4.42. The zero-order valence-corrected chi connectivity index (χ0v) is 6.40. The molecule has 0 N–H and O–H groups in total. The summed E-state index contributed by atoms with van der Waals surface area (Å²) in [5.41, 5.74) is 0. The summed E-state index contributed by atoms with van der Waals surface area (Å²) in [4.78, 5) is 0. The van der Waals surface area contributed by atoms with Crippen LogP contribution in [0.5, 0.6) is 0 Å². The van der Waals surface area contributed by atoms with Gasteiger partial charge in [-0.3, -0.25) is 0 Å². The van der Waals surface area contributed by atoms with Crippen molar-refractivity contribution < 1.29 is 37.4 Å². The molecule has 0 aliphatic carbocycles. The number of ether oxygens (including phenoxy) is 1. The molecule has 0 heterocycles. The molecule has 0 bridgehead atoms. The van der Waals surface area contributed by atoms with Gasteiger partial charge < -0.3 is 4.74 Å². The minimum absolute atomic E-state index is 0. The van der Waals surface area contributed by atoms with E-state index in [1.165, 1.54) is 0 Å². The van der Waals surface area contributed by atoms with Crippen LogP contribution in [0.4, 0.5) is 0 Å². The molecule has 0 saturated carbocycles. The summed E-state index contributed by atoms with van der Waals surface area (Å²) in [6.07, 6.45) is 0. The standard InChI is InChI=1S/C3H7O.Y/c1-3-4-2;/h3H,1-2H3;/q-1;. The van der Waals surface area contributed by atoms with E-state index in [1.807, 2.05) is 6.92 Å². The van der Waals surface area contributed by atoms with E-state index in [0.717, 1.165) is 0 Å². The van der Waals surface area contributed by atoms with E-state index in [-0.39, 0.29) is 32.7 Å². The van der Waals surface area contributed by atoms with Crippen LogP contribution in [0.1, 0.15) is 6.92 Å². The molecule has 0 saturated heterocycles. The monoisotopic (exact) mass is 148 g/mol. The first-order valence-electron chi connectivity index (χ1n) is 1.22. The minimum Gasteiger partial charge on any atom is -0.555 e. The molecule has 1 nitrogen and oxygen atoms in total. The van der Waals surface area contributed by atoms with Crippen LogP contribution in [0, 0.1) is 6.61 Å². The topological polar surface area (TPSA) is 9.23 Å². The van der Waals surface area contributed by atoms with Gasteiger partial charge in [-0.25, -0.2) is 6.61 Å². The molecule has 0 aromatic carbocycles. The average molecular weight is 148 g/mol. The van der Waals surface area contributed by atoms with Gasteiger partial charge in [0.2, 0.25) is 0 Å². The molecule has 2 heteroatoms. The van der Waals surface area contributed by atoms with E-state index < -0.39 is 0 Å². The summed E-state index contributed by atoms with van der Waals surface area (Å²) in [6.45, 7) is 3.46. The van der Waals surface area contributed by atoms with Crippen molar-refractivity contribution in [3.8, 4) is 0 Å². The fraction of sp³-hybridized carbons (Fsp3) is 0.667. The third-order valence-electron chi connectivity index (χ3n) is 0.236. The largest absolute Gasteiger partial charge is 0.555 e. The van der Waals surface area contributed by atoms with Crippen LogP contribution < -0.4 is 0 Å². The van der Waals surface area contributed by atoms with Gasteiger partial charge in [-0.05, 0) is 7.11 Å². The first kappa shape index (κ1) is 9.42. The molecule has 0 rings (SSSR count). The Balaban J connectivity index is 0. The quantitative estimate of drug-likeness (QED) is 0.500. The van der Waals surface area contributed by atoms with Crippen LogP contribution >= 0.6 is 0 Å². The summed E-state index contributed by atoms with van der Waals surface area (Å²) < 4.78 is 4.42. The second kappa shape index (κ2) is 8.91. The van der Waals surface area contributed by atoms with E-state index >= 15 is 0 Å². The molecule has 0 aromatic rings. The van der Waals surface area contributed by atoms with E-state index in [9.17, 15) is 0 Å². The maximum Gasteiger partial charge on any atom is 0 e. The van der Waals surface area contributed by atoms with Gasteiger partial charge in [-0.2, -0.15) is 6.92 Å². The predicted octanol–water partition coefficient (Wildman–Crippen LogP) is 0.812. The number of methoxy groups -OCH3 is 1. The fourth-order valence-electron chi connectivity index (χ4n) is 0. The molecule has 0 aromatic heterocycles. The van der Waals surface area contributed by atoms with Crippen molar-refractivity contribution in [2.75, 3.05) is 7.11 Å². The van der Waals surface area contributed by atoms with Crippen LogP contribution in [0.25, 0.3) is 0 Å². The van der Waals surface area contributed by atoms with E-state index in [4.69, 9.17) is 0 Å². The van der Waals surface area contributed by atoms with Crippen molar-refractivity contribution >= 4 is 0 Å². The molecule has 0 atom stereocenters. The van der Waals surface area contributed by atoms with Gasteiger partial charge in [0, 0.05) is 32.7 Å². The SMILES string of the molecule is C[CH-]OC.[Y]. The van der Waals surface area contributed by atoms with Gasteiger partial charge >= 0.3 is 0 Å². The third kappa shape index (κ3) is 11.2. The molecule has 29 valence electrons. The van der Waals surface area contributed by atoms with Gasteiger partial charge in [-0.1, -0.05) is 0 Å². The summed E-state index contributed by atoms with van der Waals surface area (Å²) >= 11 is 0. The molecular formula is C3H7OY-. The second-order valence-electron chi connectivity index (χ2n) is 0.471. The van der Waals surface area contributed by atoms with Gasteiger partial charge in [-0.15, -0.1) is 0 Å². The van der Waals surface area contributed by atoms with Crippen LogP contribution in [0.2, 0.25) is 0 Å². The van der Waals surface area contributed by atoms with E-state index in [1.54, 1.807) is 13.7 Å². The third-order valence-corrected chi connectivity index (χ3v) is 0.236. The Morgan fingerprint density at radius 3 is 1.80 bits per heavy atom. The number of rotatable bonds is 1. The fourth-order valence-corrected chi connectivity index (χ4v) is 0. The minimum atomic E-state index is 0. The van der Waals surface area contributed by atoms with Gasteiger partial charge in [0.1, 0.15) is 0 Å². The molecule has 0 unspecified atom stereocenters. The van der Waals surface area contributed by atoms with Crippen molar-refractivity contribution in [3.05, 3.63) is 6.61 Å². The Hall–Kier alpha value is 1.06. The van der Waals surface area contributed by atoms with Crippen molar-refractivity contribution in [1.29, 1.82) is 0 Å². The molecule has 5 heavy (non-hydrogen) atoms. The molecule has 0 aliphatic heterocycles. The molecule has 1 radical (unpaired) electrons. The molecule has 0 amide bonds. The van der Waals surface area contributed by atoms with E-state index in [0.29, 0.717) is 0 Å². The molecule has 0 aliphatic rings. The van der Waals surface area contributed by atoms with Gasteiger partial charge in [0.25, 0.3) is 0 Å². The van der Waals surface area contributed by atoms with Crippen LogP contribution in [-0.4, -0.2) is 7.11 Å². The van der Waals surface area contributed by atoms with Crippen molar-refractivity contribution in [1.82, 2.24) is 0 Å².